The van der Waals surface area contributed by atoms with E-state index in [9.17, 15) is 4.79 Å². The number of imidazole rings is 1. The zero-order chi connectivity index (χ0) is 13.8. The summed E-state index contributed by atoms with van der Waals surface area (Å²) in [5.74, 6) is 2.20. The molecule has 1 saturated heterocycles. The first-order chi connectivity index (χ1) is 9.13. The van der Waals surface area contributed by atoms with Gasteiger partial charge in [-0.2, -0.15) is 11.8 Å². The minimum absolute atomic E-state index is 0.201. The quantitative estimate of drug-likeness (QED) is 0.826. The Hall–Kier alpha value is -1.01. The number of hydrogen-bond donors (Lipinski definition) is 0. The molecule has 1 aliphatic heterocycles. The SMILES string of the molecule is CSCCC(=O)N1CCN(C)[C@H](c2nccn2C)C1. The Labute approximate surface area is 119 Å². The van der Waals surface area contributed by atoms with Gasteiger partial charge >= 0.3 is 0 Å². The van der Waals surface area contributed by atoms with E-state index in [0.29, 0.717) is 6.42 Å². The van der Waals surface area contributed by atoms with Crippen LogP contribution in [0, 0.1) is 0 Å². The van der Waals surface area contributed by atoms with Crippen molar-refractivity contribution < 1.29 is 4.79 Å². The molecule has 1 fully saturated rings. The Balaban J connectivity index is 2.04. The van der Waals surface area contributed by atoms with E-state index in [4.69, 9.17) is 0 Å². The molecule has 19 heavy (non-hydrogen) atoms. The second-order valence-corrected chi connectivity index (χ2v) is 5.96. The summed E-state index contributed by atoms with van der Waals surface area (Å²) in [4.78, 5) is 20.8. The van der Waals surface area contributed by atoms with Crippen molar-refractivity contribution in [3.63, 3.8) is 0 Å². The van der Waals surface area contributed by atoms with E-state index < -0.39 is 0 Å². The minimum Gasteiger partial charge on any atom is -0.339 e. The number of aryl methyl sites for hydroxylation is 1. The van der Waals surface area contributed by atoms with Crippen molar-refractivity contribution in [3.8, 4) is 0 Å². The molecule has 1 amide bonds. The van der Waals surface area contributed by atoms with Gasteiger partial charge in [-0.1, -0.05) is 0 Å². The molecule has 6 heteroatoms. The second-order valence-electron chi connectivity index (χ2n) is 4.98. The fourth-order valence-electron chi connectivity index (χ4n) is 2.42. The lowest BCUT2D eigenvalue weighted by Crippen LogP contribution is -2.49. The smallest absolute Gasteiger partial charge is 0.223 e. The van der Waals surface area contributed by atoms with Crippen LogP contribution < -0.4 is 0 Å². The van der Waals surface area contributed by atoms with Crippen LogP contribution in [-0.4, -0.2) is 63.9 Å². The maximum absolute atomic E-state index is 12.1. The first-order valence-corrected chi connectivity index (χ1v) is 7.97. The zero-order valence-corrected chi connectivity index (χ0v) is 12.7. The first-order valence-electron chi connectivity index (χ1n) is 6.57. The van der Waals surface area contributed by atoms with Crippen molar-refractivity contribution in [1.29, 1.82) is 0 Å². The third-order valence-electron chi connectivity index (χ3n) is 3.68. The minimum atomic E-state index is 0.201. The predicted octanol–water partition coefficient (Wildman–Crippen LogP) is 0.988. The van der Waals surface area contributed by atoms with Crippen LogP contribution in [-0.2, 0) is 11.8 Å². The molecule has 1 aromatic rings. The average Bonchev–Trinajstić information content (AvgIpc) is 2.82. The van der Waals surface area contributed by atoms with E-state index in [2.05, 4.69) is 16.9 Å². The van der Waals surface area contributed by atoms with Gasteiger partial charge in [0.1, 0.15) is 5.82 Å². The lowest BCUT2D eigenvalue weighted by atomic mass is 10.1. The van der Waals surface area contributed by atoms with Crippen molar-refractivity contribution in [2.24, 2.45) is 7.05 Å². The van der Waals surface area contributed by atoms with Gasteiger partial charge in [0.05, 0.1) is 6.04 Å². The number of aromatic nitrogens is 2. The van der Waals surface area contributed by atoms with Crippen molar-refractivity contribution in [1.82, 2.24) is 19.4 Å². The topological polar surface area (TPSA) is 41.4 Å². The van der Waals surface area contributed by atoms with E-state index in [1.54, 1.807) is 11.8 Å². The maximum atomic E-state index is 12.1. The standard InChI is InChI=1S/C13H22N4OS/c1-15-7-8-17(12(18)4-9-19-3)10-11(15)13-14-5-6-16(13)2/h5-6,11H,4,7-10H2,1-3H3/t11-/m0/s1. The molecule has 0 aliphatic carbocycles. The molecule has 0 unspecified atom stereocenters. The van der Waals surface area contributed by atoms with E-state index in [-0.39, 0.29) is 11.9 Å². The number of carbonyl (C=O) groups is 1. The van der Waals surface area contributed by atoms with Gasteiger partial charge in [-0.15, -0.1) is 0 Å². The number of carbonyl (C=O) groups excluding carboxylic acids is 1. The van der Waals surface area contributed by atoms with E-state index >= 15 is 0 Å². The molecule has 1 aliphatic rings. The van der Waals surface area contributed by atoms with E-state index in [1.165, 1.54) is 0 Å². The van der Waals surface area contributed by atoms with Gasteiger partial charge in [-0.25, -0.2) is 4.98 Å². The van der Waals surface area contributed by atoms with Gasteiger partial charge in [0.2, 0.25) is 5.91 Å². The summed E-state index contributed by atoms with van der Waals surface area (Å²) < 4.78 is 2.04. The summed E-state index contributed by atoms with van der Waals surface area (Å²) in [6, 6.07) is 0.201. The van der Waals surface area contributed by atoms with Crippen LogP contribution in [0.3, 0.4) is 0 Å². The molecular weight excluding hydrogens is 260 g/mol. The Morgan fingerprint density at radius 2 is 2.26 bits per heavy atom. The molecule has 5 nitrogen and oxygen atoms in total. The molecule has 0 spiro atoms. The van der Waals surface area contributed by atoms with Crippen molar-refractivity contribution >= 4 is 17.7 Å². The summed E-state index contributed by atoms with van der Waals surface area (Å²) in [5, 5.41) is 0. The fourth-order valence-corrected chi connectivity index (χ4v) is 2.80. The monoisotopic (exact) mass is 282 g/mol. The van der Waals surface area contributed by atoms with Gasteiger partial charge in [-0.05, 0) is 13.3 Å². The van der Waals surface area contributed by atoms with Crippen LogP contribution in [0.15, 0.2) is 12.4 Å². The summed E-state index contributed by atoms with van der Waals surface area (Å²) in [7, 11) is 4.10. The number of thioether (sulfide) groups is 1. The summed E-state index contributed by atoms with van der Waals surface area (Å²) in [5.41, 5.74) is 0. The molecule has 0 bridgehead atoms. The molecule has 1 aromatic heterocycles. The predicted molar refractivity (Wildman–Crippen MR) is 78.2 cm³/mol. The maximum Gasteiger partial charge on any atom is 0.223 e. The third-order valence-corrected chi connectivity index (χ3v) is 4.29. The Kier molecular flexibility index (Phi) is 4.87. The van der Waals surface area contributed by atoms with Gasteiger partial charge in [0.25, 0.3) is 0 Å². The molecule has 0 aromatic carbocycles. The van der Waals surface area contributed by atoms with E-state index in [1.807, 2.05) is 35.2 Å². The van der Waals surface area contributed by atoms with Crippen LogP contribution >= 0.6 is 11.8 Å². The molecule has 106 valence electrons. The van der Waals surface area contributed by atoms with Crippen LogP contribution in [0.1, 0.15) is 18.3 Å². The lowest BCUT2D eigenvalue weighted by Gasteiger charge is -2.39. The fraction of sp³-hybridized carbons (Fsp3) is 0.692. The van der Waals surface area contributed by atoms with Crippen LogP contribution in [0.25, 0.3) is 0 Å². The van der Waals surface area contributed by atoms with Crippen LogP contribution in [0.2, 0.25) is 0 Å². The van der Waals surface area contributed by atoms with Gasteiger partial charge in [0.15, 0.2) is 0 Å². The van der Waals surface area contributed by atoms with Crippen molar-refractivity contribution in [3.05, 3.63) is 18.2 Å². The van der Waals surface area contributed by atoms with Crippen molar-refractivity contribution in [2.75, 3.05) is 38.7 Å². The highest BCUT2D eigenvalue weighted by atomic mass is 32.2. The number of rotatable bonds is 4. The normalized spacial score (nSPS) is 20.8. The Morgan fingerprint density at radius 3 is 2.89 bits per heavy atom. The van der Waals surface area contributed by atoms with Gasteiger partial charge < -0.3 is 9.47 Å². The Bertz CT molecular complexity index is 434. The number of hydrogen-bond acceptors (Lipinski definition) is 4. The molecule has 0 N–H and O–H groups in total. The second kappa shape index (κ2) is 6.43. The number of likely N-dealkylation sites (N-methyl/N-ethyl adjacent to an activating group) is 1. The molecular formula is C13H22N4OS. The number of piperazine rings is 1. The van der Waals surface area contributed by atoms with Gasteiger partial charge in [-0.3, -0.25) is 9.69 Å². The molecule has 2 heterocycles. The zero-order valence-electron chi connectivity index (χ0n) is 11.9. The Morgan fingerprint density at radius 1 is 1.47 bits per heavy atom. The highest BCUT2D eigenvalue weighted by Crippen LogP contribution is 2.22. The van der Waals surface area contributed by atoms with Crippen LogP contribution in [0.5, 0.6) is 0 Å². The summed E-state index contributed by atoms with van der Waals surface area (Å²) in [6.07, 6.45) is 6.45. The largest absolute Gasteiger partial charge is 0.339 e. The summed E-state index contributed by atoms with van der Waals surface area (Å²) in [6.45, 7) is 2.47. The molecule has 1 atom stereocenters. The summed E-state index contributed by atoms with van der Waals surface area (Å²) >= 11 is 1.72. The van der Waals surface area contributed by atoms with Crippen LogP contribution in [0.4, 0.5) is 0 Å². The molecule has 2 rings (SSSR count). The molecule has 0 saturated carbocycles. The average molecular weight is 282 g/mol. The third kappa shape index (κ3) is 3.30. The highest BCUT2D eigenvalue weighted by Gasteiger charge is 2.30. The molecule has 0 radical (unpaired) electrons. The number of nitrogens with zero attached hydrogens (tertiary/aromatic N) is 4. The van der Waals surface area contributed by atoms with E-state index in [0.717, 1.165) is 31.2 Å². The van der Waals surface area contributed by atoms with Gasteiger partial charge in [0, 0.05) is 51.2 Å². The van der Waals surface area contributed by atoms with Crippen molar-refractivity contribution in [2.45, 2.75) is 12.5 Å². The first kappa shape index (κ1) is 14.4. The lowest BCUT2D eigenvalue weighted by molar-refractivity contribution is -0.133. The number of amides is 1. The highest BCUT2D eigenvalue weighted by molar-refractivity contribution is 7.98.